The van der Waals surface area contributed by atoms with E-state index in [9.17, 15) is 31.2 Å². The maximum atomic E-state index is 14.0. The molecule has 1 N–H and O–H groups in total. The largest absolute Gasteiger partial charge is 0.416 e. The fraction of sp³-hybridized carbons (Fsp3) is 0.333. The Bertz CT molecular complexity index is 1570. The van der Waals surface area contributed by atoms with Crippen LogP contribution in [-0.4, -0.2) is 43.8 Å². The summed E-state index contributed by atoms with van der Waals surface area (Å²) in [5.74, 6) is -1.34. The molecule has 7 nitrogen and oxygen atoms in total. The summed E-state index contributed by atoms with van der Waals surface area (Å²) in [5, 5.41) is 3.35. The lowest BCUT2D eigenvalue weighted by Crippen LogP contribution is -2.52. The Balaban J connectivity index is 2.11. The molecule has 3 aromatic carbocycles. The molecule has 0 heterocycles. The second-order valence-electron chi connectivity index (χ2n) is 10.1. The zero-order valence-electron chi connectivity index (χ0n) is 24.0. The van der Waals surface area contributed by atoms with Crippen molar-refractivity contribution in [3.63, 3.8) is 0 Å². The van der Waals surface area contributed by atoms with Crippen LogP contribution in [0, 0.1) is 6.92 Å². The van der Waals surface area contributed by atoms with Crippen LogP contribution in [0.5, 0.6) is 0 Å². The van der Waals surface area contributed by atoms with Crippen molar-refractivity contribution in [1.29, 1.82) is 0 Å². The summed E-state index contributed by atoms with van der Waals surface area (Å²) >= 11 is 12.4. The second kappa shape index (κ2) is 14.0. The van der Waals surface area contributed by atoms with Crippen molar-refractivity contribution in [3.8, 4) is 0 Å². The number of hydrogen-bond acceptors (Lipinski definition) is 4. The van der Waals surface area contributed by atoms with Crippen LogP contribution in [0.15, 0.2) is 71.6 Å². The number of carbonyl (C=O) groups excluding carboxylic acids is 2. The smallest absolute Gasteiger partial charge is 0.352 e. The van der Waals surface area contributed by atoms with Crippen LogP contribution in [0.1, 0.15) is 43.9 Å². The number of nitrogens with one attached hydrogen (secondary N) is 1. The maximum Gasteiger partial charge on any atom is 0.416 e. The normalized spacial score (nSPS) is 13.2. The predicted molar refractivity (Wildman–Crippen MR) is 162 cm³/mol. The van der Waals surface area contributed by atoms with Gasteiger partial charge in [0.25, 0.3) is 10.0 Å². The van der Waals surface area contributed by atoms with E-state index in [-0.39, 0.29) is 28.2 Å². The zero-order valence-corrected chi connectivity index (χ0v) is 26.3. The number of amides is 2. The van der Waals surface area contributed by atoms with Gasteiger partial charge in [-0.05, 0) is 75.2 Å². The Hall–Kier alpha value is -3.28. The van der Waals surface area contributed by atoms with E-state index in [0.29, 0.717) is 27.4 Å². The average Bonchev–Trinajstić information content (AvgIpc) is 2.94. The standard InChI is InChI=1S/C30H32Cl2F3N3O4S/c1-5-20(3)36-29(40)21(4)37(17-22-11-12-24(31)16-27(22)32)28(39)18-38(25-8-6-7-23(15-25)30(33,34)35)43(41,42)26-13-9-19(2)10-14-26/h6-16,20-21H,5,17-18H2,1-4H3,(H,36,40)/t20-,21-/m1/s1. The molecule has 0 spiro atoms. The van der Waals surface area contributed by atoms with Gasteiger partial charge in [-0.15, -0.1) is 0 Å². The van der Waals surface area contributed by atoms with Crippen molar-refractivity contribution in [2.75, 3.05) is 10.8 Å². The van der Waals surface area contributed by atoms with Crippen LogP contribution in [-0.2, 0) is 32.3 Å². The van der Waals surface area contributed by atoms with Gasteiger partial charge in [0.1, 0.15) is 12.6 Å². The molecule has 0 aromatic heterocycles. The van der Waals surface area contributed by atoms with Gasteiger partial charge in [-0.25, -0.2) is 8.42 Å². The van der Waals surface area contributed by atoms with Crippen LogP contribution in [0.2, 0.25) is 10.0 Å². The minimum atomic E-state index is -4.76. The van der Waals surface area contributed by atoms with Crippen LogP contribution >= 0.6 is 23.2 Å². The van der Waals surface area contributed by atoms with Gasteiger partial charge in [0, 0.05) is 22.6 Å². The van der Waals surface area contributed by atoms with Gasteiger partial charge < -0.3 is 10.2 Å². The van der Waals surface area contributed by atoms with Gasteiger partial charge in [0.2, 0.25) is 11.8 Å². The van der Waals surface area contributed by atoms with Gasteiger partial charge in [-0.1, -0.05) is 60.0 Å². The molecule has 2 amide bonds. The van der Waals surface area contributed by atoms with Crippen molar-refractivity contribution in [3.05, 3.63) is 93.5 Å². The lowest BCUT2D eigenvalue weighted by Gasteiger charge is -2.32. The number of anilines is 1. The molecule has 13 heteroatoms. The highest BCUT2D eigenvalue weighted by atomic mass is 35.5. The number of benzene rings is 3. The van der Waals surface area contributed by atoms with Gasteiger partial charge >= 0.3 is 6.18 Å². The number of rotatable bonds is 11. The summed E-state index contributed by atoms with van der Waals surface area (Å²) in [7, 11) is -4.54. The quantitative estimate of drug-likeness (QED) is 0.244. The van der Waals surface area contributed by atoms with E-state index in [1.165, 1.54) is 43.3 Å². The number of alkyl halides is 3. The molecule has 0 radical (unpaired) electrons. The molecule has 0 aliphatic heterocycles. The molecule has 3 rings (SSSR count). The van der Waals surface area contributed by atoms with Crippen molar-refractivity contribution in [2.45, 2.75) is 63.8 Å². The minimum Gasteiger partial charge on any atom is -0.352 e. The number of hydrogen-bond donors (Lipinski definition) is 1. The van der Waals surface area contributed by atoms with Crippen molar-refractivity contribution in [1.82, 2.24) is 10.2 Å². The van der Waals surface area contributed by atoms with Gasteiger partial charge in [0.05, 0.1) is 16.1 Å². The number of carbonyl (C=O) groups is 2. The van der Waals surface area contributed by atoms with Crippen LogP contribution in [0.4, 0.5) is 18.9 Å². The molecule has 43 heavy (non-hydrogen) atoms. The Kier molecular flexibility index (Phi) is 11.1. The molecule has 232 valence electrons. The first-order valence-electron chi connectivity index (χ1n) is 13.3. The maximum absolute atomic E-state index is 14.0. The Labute approximate surface area is 259 Å². The Morgan fingerprint density at radius 2 is 1.63 bits per heavy atom. The fourth-order valence-corrected chi connectivity index (χ4v) is 5.96. The van der Waals surface area contributed by atoms with E-state index in [0.717, 1.165) is 22.6 Å². The van der Waals surface area contributed by atoms with E-state index in [2.05, 4.69) is 5.32 Å². The van der Waals surface area contributed by atoms with Crippen LogP contribution < -0.4 is 9.62 Å². The first kappa shape index (κ1) is 34.2. The number of halogens is 5. The van der Waals surface area contributed by atoms with Crippen LogP contribution in [0.25, 0.3) is 0 Å². The van der Waals surface area contributed by atoms with E-state index in [1.54, 1.807) is 26.0 Å². The summed E-state index contributed by atoms with van der Waals surface area (Å²) in [4.78, 5) is 28.0. The highest BCUT2D eigenvalue weighted by Gasteiger charge is 2.35. The second-order valence-corrected chi connectivity index (χ2v) is 12.8. The topological polar surface area (TPSA) is 86.8 Å². The zero-order chi connectivity index (χ0) is 32.1. The summed E-state index contributed by atoms with van der Waals surface area (Å²) in [6, 6.07) is 12.7. The highest BCUT2D eigenvalue weighted by Crippen LogP contribution is 2.33. The molecule has 0 bridgehead atoms. The molecular formula is C30H32Cl2F3N3O4S. The van der Waals surface area contributed by atoms with Gasteiger partial charge in [-0.3, -0.25) is 13.9 Å². The summed E-state index contributed by atoms with van der Waals surface area (Å²) in [6.07, 6.45) is -4.15. The molecule has 0 unspecified atom stereocenters. The number of nitrogens with zero attached hydrogens (tertiary/aromatic N) is 2. The van der Waals surface area contributed by atoms with Crippen LogP contribution in [0.3, 0.4) is 0 Å². The fourth-order valence-electron chi connectivity index (χ4n) is 4.09. The summed E-state index contributed by atoms with van der Waals surface area (Å²) in [5.41, 5.74) is -0.278. The van der Waals surface area contributed by atoms with Crippen molar-refractivity contribution >= 4 is 50.7 Å². The van der Waals surface area contributed by atoms with E-state index in [1.807, 2.05) is 6.92 Å². The van der Waals surface area contributed by atoms with Crippen molar-refractivity contribution in [2.24, 2.45) is 0 Å². The third-order valence-corrected chi connectivity index (χ3v) is 9.25. The molecule has 0 aliphatic rings. The minimum absolute atomic E-state index is 0.203. The lowest BCUT2D eigenvalue weighted by atomic mass is 10.1. The predicted octanol–water partition coefficient (Wildman–Crippen LogP) is 6.85. The SMILES string of the molecule is CC[C@@H](C)NC(=O)[C@@H](C)N(Cc1ccc(Cl)cc1Cl)C(=O)CN(c1cccc(C(F)(F)F)c1)S(=O)(=O)c1ccc(C)cc1. The lowest BCUT2D eigenvalue weighted by molar-refractivity contribution is -0.139. The summed E-state index contributed by atoms with van der Waals surface area (Å²) in [6.45, 7) is 5.78. The molecule has 2 atom stereocenters. The van der Waals surface area contributed by atoms with Gasteiger partial charge in [0.15, 0.2) is 0 Å². The Morgan fingerprint density at radius 3 is 2.21 bits per heavy atom. The first-order valence-corrected chi connectivity index (χ1v) is 15.5. The molecule has 3 aromatic rings. The molecule has 0 fully saturated rings. The molecule has 0 aliphatic carbocycles. The van der Waals surface area contributed by atoms with Crippen molar-refractivity contribution < 1.29 is 31.2 Å². The molecule has 0 saturated heterocycles. The first-order chi connectivity index (χ1) is 20.0. The Morgan fingerprint density at radius 1 is 0.977 bits per heavy atom. The van der Waals surface area contributed by atoms with E-state index < -0.39 is 46.2 Å². The number of sulfonamides is 1. The monoisotopic (exact) mass is 657 g/mol. The van der Waals surface area contributed by atoms with Gasteiger partial charge in [-0.2, -0.15) is 13.2 Å². The molecule has 0 saturated carbocycles. The van der Waals surface area contributed by atoms with E-state index in [4.69, 9.17) is 23.2 Å². The summed E-state index contributed by atoms with van der Waals surface area (Å²) < 4.78 is 69.2. The average molecular weight is 659 g/mol. The third kappa shape index (κ3) is 8.64. The molecular weight excluding hydrogens is 626 g/mol. The van der Waals surface area contributed by atoms with E-state index >= 15 is 0 Å². The third-order valence-electron chi connectivity index (χ3n) is 6.87. The highest BCUT2D eigenvalue weighted by molar-refractivity contribution is 7.92. The number of aryl methyl sites for hydroxylation is 1.